The lowest BCUT2D eigenvalue weighted by molar-refractivity contribution is -0.187. The highest BCUT2D eigenvalue weighted by molar-refractivity contribution is 6.05. The molecule has 0 bridgehead atoms. The van der Waals surface area contributed by atoms with E-state index in [-0.39, 0.29) is 16.8 Å². The van der Waals surface area contributed by atoms with Crippen LogP contribution in [-0.2, 0) is 25.6 Å². The predicted molar refractivity (Wildman–Crippen MR) is 130 cm³/mol. The predicted octanol–water partition coefficient (Wildman–Crippen LogP) is 3.91. The SMILES string of the molecule is CC(=O)NC(Cc1ccccc1)(C(=O)C(F)(F)F)N1C(=O)[C@@H](C(C)C)N(C(C)=O)C=C1c1ccccc1. The minimum absolute atomic E-state index is 0.125. The first-order chi connectivity index (χ1) is 17.3. The van der Waals surface area contributed by atoms with Gasteiger partial charge in [0.1, 0.15) is 6.04 Å². The Bertz CT molecular complexity index is 1210. The minimum Gasteiger partial charge on any atom is -0.326 e. The molecule has 37 heavy (non-hydrogen) atoms. The third-order valence-electron chi connectivity index (χ3n) is 6.04. The van der Waals surface area contributed by atoms with E-state index in [1.54, 1.807) is 62.4 Å². The summed E-state index contributed by atoms with van der Waals surface area (Å²) >= 11 is 0. The molecular formula is C27H28F3N3O4. The Kier molecular flexibility index (Phi) is 7.90. The molecule has 2 atom stereocenters. The highest BCUT2D eigenvalue weighted by atomic mass is 19.4. The number of alkyl halides is 3. The van der Waals surface area contributed by atoms with Gasteiger partial charge in [0.2, 0.25) is 11.8 Å². The van der Waals surface area contributed by atoms with Crippen LogP contribution in [0.2, 0.25) is 0 Å². The van der Waals surface area contributed by atoms with Crippen molar-refractivity contribution in [2.75, 3.05) is 0 Å². The van der Waals surface area contributed by atoms with Crippen LogP contribution < -0.4 is 5.32 Å². The van der Waals surface area contributed by atoms with Gasteiger partial charge in [-0.1, -0.05) is 74.5 Å². The van der Waals surface area contributed by atoms with Gasteiger partial charge in [-0.25, -0.2) is 0 Å². The van der Waals surface area contributed by atoms with Gasteiger partial charge in [0.15, 0.2) is 5.66 Å². The molecule has 3 amide bonds. The topological polar surface area (TPSA) is 86.8 Å². The number of hydrogen-bond donors (Lipinski definition) is 1. The average Bonchev–Trinajstić information content (AvgIpc) is 2.82. The maximum atomic E-state index is 14.2. The third kappa shape index (κ3) is 5.58. The van der Waals surface area contributed by atoms with Crippen LogP contribution >= 0.6 is 0 Å². The number of amides is 3. The van der Waals surface area contributed by atoms with E-state index in [1.807, 2.05) is 0 Å². The molecular weight excluding hydrogens is 487 g/mol. The van der Waals surface area contributed by atoms with Crippen LogP contribution in [0.5, 0.6) is 0 Å². The minimum atomic E-state index is -5.41. The molecule has 0 saturated carbocycles. The fraction of sp³-hybridized carbons (Fsp3) is 0.333. The van der Waals surface area contributed by atoms with Gasteiger partial charge in [-0.15, -0.1) is 0 Å². The summed E-state index contributed by atoms with van der Waals surface area (Å²) < 4.78 is 42.7. The molecule has 1 heterocycles. The van der Waals surface area contributed by atoms with Crippen LogP contribution in [0, 0.1) is 5.92 Å². The quantitative estimate of drug-likeness (QED) is 0.606. The van der Waals surface area contributed by atoms with E-state index in [9.17, 15) is 32.3 Å². The zero-order valence-electron chi connectivity index (χ0n) is 20.9. The van der Waals surface area contributed by atoms with E-state index in [0.717, 1.165) is 16.7 Å². The molecule has 1 aliphatic heterocycles. The summed E-state index contributed by atoms with van der Waals surface area (Å²) in [4.78, 5) is 54.3. The first-order valence-electron chi connectivity index (χ1n) is 11.6. The Hall–Kier alpha value is -3.95. The molecule has 2 aromatic rings. The number of rotatable bonds is 7. The number of carbonyl (C=O) groups is 4. The molecule has 0 fully saturated rings. The molecule has 1 aliphatic rings. The average molecular weight is 516 g/mol. The van der Waals surface area contributed by atoms with Crippen molar-refractivity contribution in [1.82, 2.24) is 15.1 Å². The molecule has 3 rings (SSSR count). The van der Waals surface area contributed by atoms with Gasteiger partial charge in [0.05, 0.1) is 5.70 Å². The molecule has 0 aromatic heterocycles. The lowest BCUT2D eigenvalue weighted by atomic mass is 9.87. The fourth-order valence-electron chi connectivity index (χ4n) is 4.57. The Morgan fingerprint density at radius 1 is 0.946 bits per heavy atom. The van der Waals surface area contributed by atoms with Gasteiger partial charge >= 0.3 is 6.18 Å². The molecule has 1 N–H and O–H groups in total. The molecule has 10 heteroatoms. The van der Waals surface area contributed by atoms with Crippen LogP contribution in [0.3, 0.4) is 0 Å². The highest BCUT2D eigenvalue weighted by Crippen LogP contribution is 2.39. The van der Waals surface area contributed by atoms with Crippen molar-refractivity contribution in [1.29, 1.82) is 0 Å². The van der Waals surface area contributed by atoms with Crippen molar-refractivity contribution in [2.24, 2.45) is 5.92 Å². The van der Waals surface area contributed by atoms with Gasteiger partial charge in [-0.3, -0.25) is 24.1 Å². The van der Waals surface area contributed by atoms with Crippen LogP contribution in [-0.4, -0.2) is 51.2 Å². The summed E-state index contributed by atoms with van der Waals surface area (Å²) in [6, 6.07) is 14.6. The van der Waals surface area contributed by atoms with E-state index in [2.05, 4.69) is 5.32 Å². The fourth-order valence-corrected chi connectivity index (χ4v) is 4.57. The molecule has 7 nitrogen and oxygen atoms in total. The number of nitrogens with one attached hydrogen (secondary N) is 1. The Balaban J connectivity index is 2.43. The molecule has 0 aliphatic carbocycles. The van der Waals surface area contributed by atoms with Crippen LogP contribution in [0.1, 0.15) is 38.8 Å². The van der Waals surface area contributed by atoms with Crippen LogP contribution in [0.4, 0.5) is 13.2 Å². The maximum absolute atomic E-state index is 14.2. The lowest BCUT2D eigenvalue weighted by Crippen LogP contribution is -2.73. The summed E-state index contributed by atoms with van der Waals surface area (Å²) in [6.07, 6.45) is -4.80. The van der Waals surface area contributed by atoms with Gasteiger partial charge in [-0.05, 0) is 17.0 Å². The number of ketones is 1. The van der Waals surface area contributed by atoms with Crippen molar-refractivity contribution in [2.45, 2.75) is 52.0 Å². The smallest absolute Gasteiger partial charge is 0.326 e. The van der Waals surface area contributed by atoms with Crippen LogP contribution in [0.15, 0.2) is 66.9 Å². The van der Waals surface area contributed by atoms with E-state index in [4.69, 9.17) is 0 Å². The summed E-state index contributed by atoms with van der Waals surface area (Å²) in [7, 11) is 0. The number of benzene rings is 2. The first kappa shape index (κ1) is 27.6. The summed E-state index contributed by atoms with van der Waals surface area (Å²) in [5, 5.41) is 2.20. The number of Topliss-reactive ketones (excluding diaryl/α,β-unsaturated/α-hetero) is 1. The van der Waals surface area contributed by atoms with E-state index < -0.39 is 53.7 Å². The molecule has 2 aromatic carbocycles. The molecule has 0 radical (unpaired) electrons. The number of hydrogen-bond acceptors (Lipinski definition) is 4. The van der Waals surface area contributed by atoms with E-state index >= 15 is 0 Å². The monoisotopic (exact) mass is 515 g/mol. The van der Waals surface area contributed by atoms with Gasteiger partial charge < -0.3 is 10.2 Å². The summed E-state index contributed by atoms with van der Waals surface area (Å²) in [5.74, 6) is -5.21. The molecule has 0 spiro atoms. The number of halogens is 3. The second-order valence-corrected chi connectivity index (χ2v) is 9.20. The van der Waals surface area contributed by atoms with Gasteiger partial charge in [0, 0.05) is 26.5 Å². The van der Waals surface area contributed by atoms with Crippen molar-refractivity contribution in [3.8, 4) is 0 Å². The van der Waals surface area contributed by atoms with Crippen molar-refractivity contribution >= 4 is 29.2 Å². The van der Waals surface area contributed by atoms with Crippen molar-refractivity contribution in [3.63, 3.8) is 0 Å². The van der Waals surface area contributed by atoms with Crippen molar-refractivity contribution < 1.29 is 32.3 Å². The van der Waals surface area contributed by atoms with E-state index in [1.165, 1.54) is 25.3 Å². The standard InChI is InChI=1S/C27H28F3N3O4/c1-17(2)23-24(36)33(22(16-32(23)19(4)35)21-13-9-6-10-14-21)26(31-18(3)34,25(37)27(28,29)30)15-20-11-7-5-8-12-20/h5-14,16-17,23H,15H2,1-4H3,(H,31,34)/t23-,26?/m1/s1. The van der Waals surface area contributed by atoms with Gasteiger partial charge in [0.25, 0.3) is 11.7 Å². The number of carbonyl (C=O) groups excluding carboxylic acids is 4. The Morgan fingerprint density at radius 3 is 1.95 bits per heavy atom. The van der Waals surface area contributed by atoms with Crippen molar-refractivity contribution in [3.05, 3.63) is 78.0 Å². The van der Waals surface area contributed by atoms with Gasteiger partial charge in [-0.2, -0.15) is 13.2 Å². The third-order valence-corrected chi connectivity index (χ3v) is 6.04. The molecule has 1 unspecified atom stereocenters. The Morgan fingerprint density at radius 2 is 1.49 bits per heavy atom. The zero-order valence-corrected chi connectivity index (χ0v) is 20.9. The zero-order chi connectivity index (χ0) is 27.5. The first-order valence-corrected chi connectivity index (χ1v) is 11.6. The summed E-state index contributed by atoms with van der Waals surface area (Å²) in [6.45, 7) is 5.50. The normalized spacial score (nSPS) is 17.8. The highest BCUT2D eigenvalue weighted by Gasteiger charge is 2.61. The second kappa shape index (κ2) is 10.6. The molecule has 196 valence electrons. The number of nitrogens with zero attached hydrogens (tertiary/aromatic N) is 2. The molecule has 0 saturated heterocycles. The second-order valence-electron chi connectivity index (χ2n) is 9.20. The maximum Gasteiger partial charge on any atom is 0.454 e. The summed E-state index contributed by atoms with van der Waals surface area (Å²) in [5.41, 5.74) is -2.42. The Labute approximate surface area is 212 Å². The lowest BCUT2D eigenvalue weighted by Gasteiger charge is -2.49. The van der Waals surface area contributed by atoms with E-state index in [0.29, 0.717) is 0 Å². The largest absolute Gasteiger partial charge is 0.454 e. The van der Waals surface area contributed by atoms with Crippen LogP contribution in [0.25, 0.3) is 5.70 Å².